The minimum absolute atomic E-state index is 0.174. The van der Waals surface area contributed by atoms with E-state index >= 15 is 0 Å². The van der Waals surface area contributed by atoms with Gasteiger partial charge in [-0.15, -0.1) is 0 Å². The third kappa shape index (κ3) is 1.67. The number of hydrogen-bond acceptors (Lipinski definition) is 1. The summed E-state index contributed by atoms with van der Waals surface area (Å²) in [6.45, 7) is 5.99. The van der Waals surface area contributed by atoms with Crippen LogP contribution in [-0.4, -0.2) is 10.4 Å². The fourth-order valence-electron chi connectivity index (χ4n) is 2.77. The lowest BCUT2D eigenvalue weighted by Crippen LogP contribution is -1.98. The smallest absolute Gasteiger partial charge is 0.161 e. The number of aromatic nitrogens is 1. The van der Waals surface area contributed by atoms with Gasteiger partial charge in [0.05, 0.1) is 0 Å². The van der Waals surface area contributed by atoms with E-state index in [-0.39, 0.29) is 5.78 Å². The summed E-state index contributed by atoms with van der Waals surface area (Å²) >= 11 is 0. The first-order chi connectivity index (χ1) is 8.59. The van der Waals surface area contributed by atoms with Gasteiger partial charge in [-0.2, -0.15) is 0 Å². The van der Waals surface area contributed by atoms with Crippen LogP contribution in [0, 0.1) is 0 Å². The number of rotatable bonds is 3. The van der Waals surface area contributed by atoms with E-state index in [4.69, 9.17) is 0 Å². The van der Waals surface area contributed by atoms with Gasteiger partial charge < -0.3 is 4.57 Å². The summed E-state index contributed by atoms with van der Waals surface area (Å²) < 4.78 is 2.22. The molecular formula is C16H19NO. The van der Waals surface area contributed by atoms with E-state index in [9.17, 15) is 4.79 Å². The molecule has 2 heteroatoms. The maximum absolute atomic E-state index is 11.9. The van der Waals surface area contributed by atoms with Crippen LogP contribution in [-0.2, 0) is 0 Å². The summed E-state index contributed by atoms with van der Waals surface area (Å²) in [5.41, 5.74) is 3.47. The van der Waals surface area contributed by atoms with Gasteiger partial charge in [-0.3, -0.25) is 4.79 Å². The Morgan fingerprint density at radius 2 is 2.06 bits per heavy atom. The summed E-state index contributed by atoms with van der Waals surface area (Å²) in [6.07, 6.45) is 4.57. The molecule has 18 heavy (non-hydrogen) atoms. The Kier molecular flexibility index (Phi) is 2.54. The minimum atomic E-state index is 0.174. The molecular weight excluding hydrogens is 222 g/mol. The van der Waals surface area contributed by atoms with Crippen molar-refractivity contribution in [2.24, 2.45) is 0 Å². The molecule has 0 spiro atoms. The van der Waals surface area contributed by atoms with Gasteiger partial charge >= 0.3 is 0 Å². The number of benzene rings is 1. The molecule has 2 aromatic rings. The predicted octanol–water partition coefficient (Wildman–Crippen LogP) is 4.30. The monoisotopic (exact) mass is 241 g/mol. The number of ketones is 1. The first kappa shape index (κ1) is 11.5. The Morgan fingerprint density at radius 1 is 1.33 bits per heavy atom. The Labute approximate surface area is 108 Å². The lowest BCUT2D eigenvalue weighted by molar-refractivity contribution is 0.101. The number of Topliss-reactive ketones (excluding diaryl/α,β-unsaturated/α-hetero) is 1. The second-order valence-electron chi connectivity index (χ2n) is 5.62. The standard InChI is InChI=1S/C16H19NO/c1-10(2)17-9-14(11(3)18)16-13(12-7-8-12)5-4-6-15(16)17/h4-6,9-10,12H,7-8H2,1-3H3. The average molecular weight is 241 g/mol. The van der Waals surface area contributed by atoms with Gasteiger partial charge in [-0.25, -0.2) is 0 Å². The maximum Gasteiger partial charge on any atom is 0.161 e. The van der Waals surface area contributed by atoms with Crippen LogP contribution in [0.15, 0.2) is 24.4 Å². The molecule has 1 aromatic carbocycles. The summed E-state index contributed by atoms with van der Waals surface area (Å²) in [5.74, 6) is 0.849. The Morgan fingerprint density at radius 3 is 2.61 bits per heavy atom. The molecule has 1 aliphatic rings. The number of carbonyl (C=O) groups excluding carboxylic acids is 1. The third-order valence-electron chi connectivity index (χ3n) is 3.84. The van der Waals surface area contributed by atoms with E-state index < -0.39 is 0 Å². The fraction of sp³-hybridized carbons (Fsp3) is 0.438. The molecule has 1 aliphatic carbocycles. The molecule has 0 unspecified atom stereocenters. The van der Waals surface area contributed by atoms with Gasteiger partial charge in [0.2, 0.25) is 0 Å². The average Bonchev–Trinajstić information content (AvgIpc) is 3.07. The van der Waals surface area contributed by atoms with Crippen LogP contribution >= 0.6 is 0 Å². The van der Waals surface area contributed by atoms with Crippen molar-refractivity contribution in [2.75, 3.05) is 0 Å². The molecule has 0 atom stereocenters. The highest BCUT2D eigenvalue weighted by atomic mass is 16.1. The van der Waals surface area contributed by atoms with Gasteiger partial charge in [0, 0.05) is 28.7 Å². The molecule has 2 nitrogen and oxygen atoms in total. The van der Waals surface area contributed by atoms with Crippen LogP contribution in [0.2, 0.25) is 0 Å². The van der Waals surface area contributed by atoms with E-state index in [0.717, 1.165) is 5.56 Å². The van der Waals surface area contributed by atoms with Crippen molar-refractivity contribution in [2.45, 2.75) is 45.6 Å². The molecule has 0 radical (unpaired) electrons. The van der Waals surface area contributed by atoms with Crippen molar-refractivity contribution in [3.05, 3.63) is 35.5 Å². The highest BCUT2D eigenvalue weighted by Crippen LogP contribution is 2.44. The normalized spacial score (nSPS) is 15.6. The van der Waals surface area contributed by atoms with Crippen LogP contribution in [0.4, 0.5) is 0 Å². The number of carbonyl (C=O) groups is 1. The van der Waals surface area contributed by atoms with Crippen molar-refractivity contribution >= 4 is 16.7 Å². The molecule has 1 heterocycles. The van der Waals surface area contributed by atoms with Gasteiger partial charge in [0.25, 0.3) is 0 Å². The molecule has 1 fully saturated rings. The molecule has 1 aromatic heterocycles. The molecule has 0 N–H and O–H groups in total. The van der Waals surface area contributed by atoms with E-state index in [1.54, 1.807) is 6.92 Å². The quantitative estimate of drug-likeness (QED) is 0.734. The van der Waals surface area contributed by atoms with E-state index in [2.05, 4.69) is 36.6 Å². The summed E-state index contributed by atoms with van der Waals surface area (Å²) in [7, 11) is 0. The number of fused-ring (bicyclic) bond motifs is 1. The van der Waals surface area contributed by atoms with Crippen molar-refractivity contribution in [3.63, 3.8) is 0 Å². The van der Waals surface area contributed by atoms with Crippen molar-refractivity contribution < 1.29 is 4.79 Å². The van der Waals surface area contributed by atoms with Crippen molar-refractivity contribution in [1.29, 1.82) is 0 Å². The molecule has 3 rings (SSSR count). The topological polar surface area (TPSA) is 22.0 Å². The number of nitrogens with zero attached hydrogens (tertiary/aromatic N) is 1. The highest BCUT2D eigenvalue weighted by molar-refractivity contribution is 6.08. The van der Waals surface area contributed by atoms with Crippen molar-refractivity contribution in [3.8, 4) is 0 Å². The van der Waals surface area contributed by atoms with E-state index in [1.165, 1.54) is 29.3 Å². The summed E-state index contributed by atoms with van der Waals surface area (Å²) in [6, 6.07) is 6.83. The van der Waals surface area contributed by atoms with Gasteiger partial charge in [0.1, 0.15) is 0 Å². The Hall–Kier alpha value is -1.57. The zero-order valence-corrected chi connectivity index (χ0v) is 11.2. The Balaban J connectivity index is 2.35. The second kappa shape index (κ2) is 3.98. The molecule has 1 saturated carbocycles. The molecule has 0 saturated heterocycles. The predicted molar refractivity (Wildman–Crippen MR) is 74.3 cm³/mol. The van der Waals surface area contributed by atoms with Gasteiger partial charge in [-0.05, 0) is 51.2 Å². The van der Waals surface area contributed by atoms with Crippen LogP contribution < -0.4 is 0 Å². The fourth-order valence-corrected chi connectivity index (χ4v) is 2.77. The SMILES string of the molecule is CC(=O)c1cn(C(C)C)c2cccc(C3CC3)c12. The molecule has 94 valence electrons. The lowest BCUT2D eigenvalue weighted by atomic mass is 10.0. The molecule has 0 aliphatic heterocycles. The first-order valence-corrected chi connectivity index (χ1v) is 6.74. The zero-order valence-electron chi connectivity index (χ0n) is 11.2. The molecule has 0 bridgehead atoms. The molecule has 0 amide bonds. The minimum Gasteiger partial charge on any atom is -0.344 e. The van der Waals surface area contributed by atoms with Crippen LogP contribution in [0.25, 0.3) is 10.9 Å². The maximum atomic E-state index is 11.9. The van der Waals surface area contributed by atoms with Crippen LogP contribution in [0.3, 0.4) is 0 Å². The largest absolute Gasteiger partial charge is 0.344 e. The zero-order chi connectivity index (χ0) is 12.9. The van der Waals surface area contributed by atoms with Crippen LogP contribution in [0.5, 0.6) is 0 Å². The van der Waals surface area contributed by atoms with Gasteiger partial charge in [-0.1, -0.05) is 12.1 Å². The summed E-state index contributed by atoms with van der Waals surface area (Å²) in [5, 5.41) is 1.20. The van der Waals surface area contributed by atoms with Crippen molar-refractivity contribution in [1.82, 2.24) is 4.57 Å². The lowest BCUT2D eigenvalue weighted by Gasteiger charge is -2.09. The number of hydrogen-bond donors (Lipinski definition) is 0. The van der Waals surface area contributed by atoms with E-state index in [0.29, 0.717) is 12.0 Å². The van der Waals surface area contributed by atoms with E-state index in [1.807, 2.05) is 6.20 Å². The second-order valence-corrected chi connectivity index (χ2v) is 5.62. The highest BCUT2D eigenvalue weighted by Gasteiger charge is 2.28. The van der Waals surface area contributed by atoms with Crippen LogP contribution in [0.1, 0.15) is 61.5 Å². The Bertz CT molecular complexity index is 617. The third-order valence-corrected chi connectivity index (χ3v) is 3.84. The summed E-state index contributed by atoms with van der Waals surface area (Å²) in [4.78, 5) is 11.9. The first-order valence-electron chi connectivity index (χ1n) is 6.74. The van der Waals surface area contributed by atoms with Gasteiger partial charge in [0.15, 0.2) is 5.78 Å².